The summed E-state index contributed by atoms with van der Waals surface area (Å²) in [6.45, 7) is 3.35. The Labute approximate surface area is 125 Å². The predicted molar refractivity (Wildman–Crippen MR) is 83.2 cm³/mol. The summed E-state index contributed by atoms with van der Waals surface area (Å²) >= 11 is 0. The maximum absolute atomic E-state index is 12.3. The molecule has 0 radical (unpaired) electrons. The van der Waals surface area contributed by atoms with Gasteiger partial charge in [0.1, 0.15) is 0 Å². The van der Waals surface area contributed by atoms with Crippen LogP contribution >= 0.6 is 0 Å². The van der Waals surface area contributed by atoms with E-state index in [1.165, 1.54) is 5.69 Å². The fourth-order valence-electron chi connectivity index (χ4n) is 2.64. The monoisotopic (exact) mass is 281 g/mol. The van der Waals surface area contributed by atoms with Gasteiger partial charge in [0.05, 0.1) is 6.42 Å². The van der Waals surface area contributed by atoms with Crippen LogP contribution in [0, 0.1) is 0 Å². The van der Waals surface area contributed by atoms with Gasteiger partial charge in [-0.2, -0.15) is 0 Å². The molecule has 4 nitrogen and oxygen atoms in total. The largest absolute Gasteiger partial charge is 0.368 e. The van der Waals surface area contributed by atoms with E-state index in [-0.39, 0.29) is 5.91 Å². The van der Waals surface area contributed by atoms with Gasteiger partial charge in [-0.1, -0.05) is 24.3 Å². The second-order valence-electron chi connectivity index (χ2n) is 5.24. The minimum Gasteiger partial charge on any atom is -0.368 e. The average molecular weight is 281 g/mol. The van der Waals surface area contributed by atoms with Crippen LogP contribution in [0.1, 0.15) is 5.56 Å². The molecular formula is C17H19N3O. The molecule has 2 heterocycles. The quantitative estimate of drug-likeness (QED) is 0.863. The number of hydrogen-bond donors (Lipinski definition) is 0. The lowest BCUT2D eigenvalue weighted by atomic mass is 10.1. The molecule has 1 saturated heterocycles. The zero-order valence-electron chi connectivity index (χ0n) is 12.0. The van der Waals surface area contributed by atoms with Gasteiger partial charge in [-0.3, -0.25) is 9.78 Å². The Bertz CT molecular complexity index is 577. The van der Waals surface area contributed by atoms with E-state index in [2.05, 4.69) is 34.1 Å². The first-order valence-electron chi connectivity index (χ1n) is 7.29. The van der Waals surface area contributed by atoms with Crippen LogP contribution in [0.4, 0.5) is 5.69 Å². The Kier molecular flexibility index (Phi) is 4.15. The Morgan fingerprint density at radius 2 is 1.76 bits per heavy atom. The van der Waals surface area contributed by atoms with Crippen molar-refractivity contribution in [1.82, 2.24) is 9.88 Å². The van der Waals surface area contributed by atoms with Crippen molar-refractivity contribution in [3.63, 3.8) is 0 Å². The van der Waals surface area contributed by atoms with Crippen LogP contribution in [-0.2, 0) is 11.2 Å². The van der Waals surface area contributed by atoms with Crippen molar-refractivity contribution < 1.29 is 4.79 Å². The Balaban J connectivity index is 1.55. The molecule has 2 aromatic rings. The average Bonchev–Trinajstić information content (AvgIpc) is 2.57. The number of carbonyl (C=O) groups excluding carboxylic acids is 1. The molecule has 0 N–H and O–H groups in total. The number of amides is 1. The molecule has 0 aliphatic carbocycles. The molecule has 0 bridgehead atoms. The Hall–Kier alpha value is -2.36. The van der Waals surface area contributed by atoms with Crippen molar-refractivity contribution in [2.75, 3.05) is 31.1 Å². The van der Waals surface area contributed by atoms with E-state index < -0.39 is 0 Å². The zero-order chi connectivity index (χ0) is 14.5. The molecule has 21 heavy (non-hydrogen) atoms. The third-order valence-corrected chi connectivity index (χ3v) is 3.83. The van der Waals surface area contributed by atoms with Gasteiger partial charge in [0.15, 0.2) is 0 Å². The summed E-state index contributed by atoms with van der Waals surface area (Å²) < 4.78 is 0. The summed E-state index contributed by atoms with van der Waals surface area (Å²) in [5.74, 6) is 0.190. The van der Waals surface area contributed by atoms with Crippen LogP contribution in [0.2, 0.25) is 0 Å². The lowest BCUT2D eigenvalue weighted by molar-refractivity contribution is -0.130. The zero-order valence-corrected chi connectivity index (χ0v) is 12.0. The second-order valence-corrected chi connectivity index (χ2v) is 5.24. The molecule has 1 aliphatic heterocycles. The predicted octanol–water partition coefficient (Wildman–Crippen LogP) is 1.97. The molecule has 1 fully saturated rings. The smallest absolute Gasteiger partial charge is 0.227 e. The molecule has 1 amide bonds. The topological polar surface area (TPSA) is 36.4 Å². The molecule has 0 saturated carbocycles. The summed E-state index contributed by atoms with van der Waals surface area (Å²) in [6, 6.07) is 14.2. The molecule has 1 aliphatic rings. The number of nitrogens with zero attached hydrogens (tertiary/aromatic N) is 3. The van der Waals surface area contributed by atoms with Crippen LogP contribution in [0.25, 0.3) is 0 Å². The Morgan fingerprint density at radius 1 is 1.00 bits per heavy atom. The number of carbonyl (C=O) groups is 1. The van der Waals surface area contributed by atoms with E-state index in [4.69, 9.17) is 0 Å². The Morgan fingerprint density at radius 3 is 2.43 bits per heavy atom. The first-order chi connectivity index (χ1) is 10.3. The lowest BCUT2D eigenvalue weighted by Crippen LogP contribution is -2.49. The molecule has 0 spiro atoms. The van der Waals surface area contributed by atoms with Gasteiger partial charge in [0, 0.05) is 44.3 Å². The van der Waals surface area contributed by atoms with Crippen LogP contribution in [0.3, 0.4) is 0 Å². The van der Waals surface area contributed by atoms with Crippen LogP contribution in [-0.4, -0.2) is 42.0 Å². The molecular weight excluding hydrogens is 262 g/mol. The van der Waals surface area contributed by atoms with Crippen molar-refractivity contribution in [2.24, 2.45) is 0 Å². The summed E-state index contributed by atoms with van der Waals surface area (Å²) in [4.78, 5) is 20.6. The maximum atomic E-state index is 12.3. The fourth-order valence-corrected chi connectivity index (χ4v) is 2.64. The van der Waals surface area contributed by atoms with Gasteiger partial charge in [-0.05, 0) is 23.8 Å². The molecule has 1 aromatic carbocycles. The van der Waals surface area contributed by atoms with Gasteiger partial charge in [0.25, 0.3) is 0 Å². The number of rotatable bonds is 3. The molecule has 0 unspecified atom stereocenters. The third-order valence-electron chi connectivity index (χ3n) is 3.83. The maximum Gasteiger partial charge on any atom is 0.227 e. The number of anilines is 1. The van der Waals surface area contributed by atoms with Crippen molar-refractivity contribution in [3.8, 4) is 0 Å². The summed E-state index contributed by atoms with van der Waals surface area (Å²) in [5, 5.41) is 0. The van der Waals surface area contributed by atoms with Crippen LogP contribution in [0.15, 0.2) is 54.9 Å². The highest BCUT2D eigenvalue weighted by Crippen LogP contribution is 2.16. The van der Waals surface area contributed by atoms with Gasteiger partial charge in [-0.15, -0.1) is 0 Å². The van der Waals surface area contributed by atoms with Gasteiger partial charge < -0.3 is 9.80 Å². The van der Waals surface area contributed by atoms with Gasteiger partial charge in [-0.25, -0.2) is 0 Å². The normalized spacial score (nSPS) is 15.0. The highest BCUT2D eigenvalue weighted by molar-refractivity contribution is 5.79. The van der Waals surface area contributed by atoms with Crippen molar-refractivity contribution in [2.45, 2.75) is 6.42 Å². The van der Waals surface area contributed by atoms with E-state index >= 15 is 0 Å². The first-order valence-corrected chi connectivity index (χ1v) is 7.29. The number of para-hydroxylation sites is 1. The third kappa shape index (κ3) is 3.40. The number of benzene rings is 1. The summed E-state index contributed by atoms with van der Waals surface area (Å²) in [6.07, 6.45) is 3.93. The fraction of sp³-hybridized carbons (Fsp3) is 0.294. The lowest BCUT2D eigenvalue weighted by Gasteiger charge is -2.36. The number of pyridine rings is 1. The highest BCUT2D eigenvalue weighted by Gasteiger charge is 2.21. The standard InChI is InChI=1S/C17H19N3O/c21-17(13-15-5-4-8-18-14-15)20-11-9-19(10-12-20)16-6-2-1-3-7-16/h1-8,14H,9-13H2. The second kappa shape index (κ2) is 6.39. The highest BCUT2D eigenvalue weighted by atomic mass is 16.2. The minimum absolute atomic E-state index is 0.190. The van der Waals surface area contributed by atoms with Crippen LogP contribution in [0.5, 0.6) is 0 Å². The van der Waals surface area contributed by atoms with Gasteiger partial charge >= 0.3 is 0 Å². The van der Waals surface area contributed by atoms with Gasteiger partial charge in [0.2, 0.25) is 5.91 Å². The molecule has 3 rings (SSSR count). The summed E-state index contributed by atoms with van der Waals surface area (Å²) in [7, 11) is 0. The number of hydrogen-bond acceptors (Lipinski definition) is 3. The van der Waals surface area contributed by atoms with Crippen LogP contribution < -0.4 is 4.90 Å². The molecule has 4 heteroatoms. The molecule has 1 aromatic heterocycles. The van der Waals surface area contributed by atoms with E-state index in [9.17, 15) is 4.79 Å². The first kappa shape index (κ1) is 13.6. The number of aromatic nitrogens is 1. The van der Waals surface area contributed by atoms with E-state index in [1.807, 2.05) is 23.1 Å². The summed E-state index contributed by atoms with van der Waals surface area (Å²) in [5.41, 5.74) is 2.21. The molecule has 108 valence electrons. The van der Waals surface area contributed by atoms with Crippen molar-refractivity contribution in [1.29, 1.82) is 0 Å². The molecule has 0 atom stereocenters. The number of piperazine rings is 1. The van der Waals surface area contributed by atoms with Crippen molar-refractivity contribution in [3.05, 3.63) is 60.4 Å². The SMILES string of the molecule is O=C(Cc1cccnc1)N1CCN(c2ccccc2)CC1. The van der Waals surface area contributed by atoms with Crippen molar-refractivity contribution >= 4 is 11.6 Å². The van der Waals surface area contributed by atoms with E-state index in [0.717, 1.165) is 31.7 Å². The van der Waals surface area contributed by atoms with E-state index in [0.29, 0.717) is 6.42 Å². The van der Waals surface area contributed by atoms with E-state index in [1.54, 1.807) is 12.4 Å². The minimum atomic E-state index is 0.190.